The number of nitrogens with zero attached hydrogens (tertiary/aromatic N) is 1. The summed E-state index contributed by atoms with van der Waals surface area (Å²) in [6, 6.07) is 16.0. The Bertz CT molecular complexity index is 1180. The number of amides is 1. The van der Waals surface area contributed by atoms with Crippen LogP contribution in [0.4, 0.5) is 5.69 Å². The van der Waals surface area contributed by atoms with Crippen LogP contribution in [-0.2, 0) is 14.8 Å². The van der Waals surface area contributed by atoms with E-state index in [0.717, 1.165) is 17.3 Å². The van der Waals surface area contributed by atoms with Gasteiger partial charge in [-0.2, -0.15) is 0 Å². The summed E-state index contributed by atoms with van der Waals surface area (Å²) in [6.45, 7) is 1.70. The number of nitrogens with one attached hydrogen (secondary N) is 2. The van der Waals surface area contributed by atoms with Gasteiger partial charge in [0.15, 0.2) is 5.16 Å². The molecule has 4 N–H and O–H groups in total. The number of rotatable bonds is 6. The van der Waals surface area contributed by atoms with Crippen molar-refractivity contribution < 1.29 is 13.2 Å². The Hall–Kier alpha value is -2.95. The van der Waals surface area contributed by atoms with Gasteiger partial charge in [0.2, 0.25) is 15.9 Å². The van der Waals surface area contributed by atoms with Crippen molar-refractivity contribution in [3.05, 3.63) is 82.3 Å². The number of hydrogen-bond acceptors (Lipinski definition) is 6. The number of primary sulfonamides is 1. The van der Waals surface area contributed by atoms with Gasteiger partial charge in [-0.3, -0.25) is 9.59 Å². The second-order valence-corrected chi connectivity index (χ2v) is 8.81. The van der Waals surface area contributed by atoms with E-state index in [9.17, 15) is 18.0 Å². The summed E-state index contributed by atoms with van der Waals surface area (Å²) < 4.78 is 22.7. The van der Waals surface area contributed by atoms with Crippen LogP contribution in [0.3, 0.4) is 0 Å². The van der Waals surface area contributed by atoms with Crippen LogP contribution in [0.2, 0.25) is 0 Å². The van der Waals surface area contributed by atoms with Gasteiger partial charge >= 0.3 is 0 Å². The summed E-state index contributed by atoms with van der Waals surface area (Å²) in [5.41, 5.74) is 1.38. The lowest BCUT2D eigenvalue weighted by molar-refractivity contribution is -0.115. The van der Waals surface area contributed by atoms with Crippen LogP contribution in [0.15, 0.2) is 75.5 Å². The number of thioether (sulfide) groups is 1. The Morgan fingerprint density at radius 2 is 1.79 bits per heavy atom. The second-order valence-electron chi connectivity index (χ2n) is 6.16. The molecule has 0 spiro atoms. The molecule has 3 rings (SSSR count). The molecule has 1 aromatic heterocycles. The van der Waals surface area contributed by atoms with Crippen molar-refractivity contribution in [1.29, 1.82) is 0 Å². The maximum Gasteiger partial charge on any atom is 0.251 e. The van der Waals surface area contributed by atoms with Crippen molar-refractivity contribution in [3.8, 4) is 0 Å². The number of hydrogen-bond donors (Lipinski definition) is 3. The zero-order valence-electron chi connectivity index (χ0n) is 15.3. The highest BCUT2D eigenvalue weighted by atomic mass is 32.2. The van der Waals surface area contributed by atoms with Gasteiger partial charge in [-0.25, -0.2) is 18.5 Å². The minimum atomic E-state index is -3.82. The van der Waals surface area contributed by atoms with E-state index in [0.29, 0.717) is 16.5 Å². The van der Waals surface area contributed by atoms with Gasteiger partial charge in [-0.15, -0.1) is 0 Å². The van der Waals surface area contributed by atoms with Crippen molar-refractivity contribution in [3.63, 3.8) is 0 Å². The van der Waals surface area contributed by atoms with Gasteiger partial charge in [0.25, 0.3) is 5.56 Å². The largest absolute Gasteiger partial charge is 0.325 e. The van der Waals surface area contributed by atoms with Crippen LogP contribution in [0.25, 0.3) is 0 Å². The number of carbonyl (C=O) groups excluding carboxylic acids is 1. The van der Waals surface area contributed by atoms with Crippen LogP contribution >= 0.6 is 11.8 Å². The molecule has 10 heteroatoms. The van der Waals surface area contributed by atoms with Gasteiger partial charge in [0, 0.05) is 17.4 Å². The number of H-pyrrole nitrogens is 1. The second kappa shape index (κ2) is 8.60. The Morgan fingerprint density at radius 1 is 1.14 bits per heavy atom. The predicted octanol–water partition coefficient (Wildman–Crippen LogP) is 2.20. The highest BCUT2D eigenvalue weighted by Gasteiger charge is 2.23. The van der Waals surface area contributed by atoms with E-state index in [4.69, 9.17) is 5.14 Å². The van der Waals surface area contributed by atoms with E-state index in [1.165, 1.54) is 30.3 Å². The number of carbonyl (C=O) groups is 1. The Balaban J connectivity index is 1.87. The summed E-state index contributed by atoms with van der Waals surface area (Å²) in [5.74, 6) is -0.353. The van der Waals surface area contributed by atoms with Gasteiger partial charge in [-0.1, -0.05) is 42.1 Å². The summed E-state index contributed by atoms with van der Waals surface area (Å²) in [6.07, 6.45) is 0. The Morgan fingerprint density at radius 3 is 2.38 bits per heavy atom. The number of anilines is 1. The van der Waals surface area contributed by atoms with E-state index in [1.54, 1.807) is 19.1 Å². The fourth-order valence-electron chi connectivity index (χ4n) is 2.56. The van der Waals surface area contributed by atoms with Crippen molar-refractivity contribution in [2.75, 3.05) is 5.32 Å². The van der Waals surface area contributed by atoms with Crippen molar-refractivity contribution in [2.45, 2.75) is 22.2 Å². The molecule has 0 saturated carbocycles. The van der Waals surface area contributed by atoms with Crippen LogP contribution < -0.4 is 16.0 Å². The molecule has 150 valence electrons. The lowest BCUT2D eigenvalue weighted by Crippen LogP contribution is -2.20. The molecule has 1 unspecified atom stereocenters. The van der Waals surface area contributed by atoms with Gasteiger partial charge in [0.1, 0.15) is 5.25 Å². The molecule has 0 fully saturated rings. The lowest BCUT2D eigenvalue weighted by atomic mass is 10.1. The molecule has 1 amide bonds. The number of nitrogens with two attached hydrogens (primary N) is 1. The summed E-state index contributed by atoms with van der Waals surface area (Å²) >= 11 is 1.11. The first kappa shape index (κ1) is 20.8. The average Bonchev–Trinajstić information content (AvgIpc) is 2.65. The van der Waals surface area contributed by atoms with Gasteiger partial charge in [-0.05, 0) is 36.8 Å². The van der Waals surface area contributed by atoms with Crippen molar-refractivity contribution in [2.24, 2.45) is 5.14 Å². The average molecular weight is 431 g/mol. The molecule has 1 heterocycles. The molecule has 2 aromatic carbocycles. The van der Waals surface area contributed by atoms with E-state index in [2.05, 4.69) is 15.3 Å². The summed E-state index contributed by atoms with van der Waals surface area (Å²) in [4.78, 5) is 31.6. The zero-order valence-corrected chi connectivity index (χ0v) is 17.0. The van der Waals surface area contributed by atoms with Crippen LogP contribution in [0.1, 0.15) is 16.5 Å². The first-order chi connectivity index (χ1) is 13.7. The molecular weight excluding hydrogens is 412 g/mol. The van der Waals surface area contributed by atoms with E-state index >= 15 is 0 Å². The van der Waals surface area contributed by atoms with Gasteiger partial charge in [0.05, 0.1) is 4.90 Å². The fourth-order valence-corrected chi connectivity index (χ4v) is 4.11. The molecule has 3 aromatic rings. The van der Waals surface area contributed by atoms with Crippen molar-refractivity contribution in [1.82, 2.24) is 9.97 Å². The molecule has 29 heavy (non-hydrogen) atoms. The molecule has 8 nitrogen and oxygen atoms in total. The maximum atomic E-state index is 13.0. The topological polar surface area (TPSA) is 135 Å². The molecule has 0 aliphatic heterocycles. The molecule has 1 atom stereocenters. The standard InChI is InChI=1S/C19H18N4O4S2/c1-12-11-16(24)23-19(21-12)28-17(13-5-3-2-4-6-13)18(25)22-14-7-9-15(10-8-14)29(20,26)27/h2-11,17H,1H3,(H,22,25)(H2,20,26,27)(H,21,23,24). The highest BCUT2D eigenvalue weighted by Crippen LogP contribution is 2.34. The SMILES string of the molecule is Cc1cc(=O)[nH]c(SC(C(=O)Nc2ccc(S(N)(=O)=O)cc2)c2ccccc2)n1. The number of aromatic nitrogens is 2. The molecule has 0 aliphatic rings. The Labute approximate surface area is 171 Å². The minimum absolute atomic E-state index is 0.0500. The molecular formula is C19H18N4O4S2. The monoisotopic (exact) mass is 430 g/mol. The quantitative estimate of drug-likeness (QED) is 0.405. The molecule has 0 bridgehead atoms. The van der Waals surface area contributed by atoms with Crippen LogP contribution in [0.5, 0.6) is 0 Å². The highest BCUT2D eigenvalue weighted by molar-refractivity contribution is 8.00. The smallest absolute Gasteiger partial charge is 0.251 e. The molecule has 0 radical (unpaired) electrons. The van der Waals surface area contributed by atoms with E-state index in [1.807, 2.05) is 18.2 Å². The number of benzene rings is 2. The third-order valence-electron chi connectivity index (χ3n) is 3.87. The first-order valence-electron chi connectivity index (χ1n) is 8.46. The third-order valence-corrected chi connectivity index (χ3v) is 5.94. The van der Waals surface area contributed by atoms with Gasteiger partial charge < -0.3 is 10.3 Å². The Kier molecular flexibility index (Phi) is 6.16. The van der Waals surface area contributed by atoms with Crippen LogP contribution in [-0.4, -0.2) is 24.3 Å². The van der Waals surface area contributed by atoms with E-state index in [-0.39, 0.29) is 16.4 Å². The number of aromatic amines is 1. The first-order valence-corrected chi connectivity index (χ1v) is 10.9. The minimum Gasteiger partial charge on any atom is -0.325 e. The molecule has 0 aliphatic carbocycles. The van der Waals surface area contributed by atoms with Crippen LogP contribution in [0, 0.1) is 6.92 Å². The normalized spacial score (nSPS) is 12.3. The maximum absolute atomic E-state index is 13.0. The zero-order chi connectivity index (χ0) is 21.0. The summed E-state index contributed by atoms with van der Waals surface area (Å²) in [5, 5.41) is 7.47. The lowest BCUT2D eigenvalue weighted by Gasteiger charge is -2.16. The fraction of sp³-hybridized carbons (Fsp3) is 0.105. The number of sulfonamides is 1. The summed E-state index contributed by atoms with van der Waals surface area (Å²) in [7, 11) is -3.82. The molecule has 0 saturated heterocycles. The van der Waals surface area contributed by atoms with Crippen molar-refractivity contribution >= 4 is 33.4 Å². The predicted molar refractivity (Wildman–Crippen MR) is 111 cm³/mol. The third kappa shape index (κ3) is 5.53. The van der Waals surface area contributed by atoms with E-state index < -0.39 is 15.3 Å². The number of aryl methyl sites for hydroxylation is 1.